The highest BCUT2D eigenvalue weighted by Crippen LogP contribution is 2.26. The Hall–Kier alpha value is -2.80. The second-order valence-electron chi connectivity index (χ2n) is 5.86. The molecular weight excluding hydrogens is 364 g/mol. The highest BCUT2D eigenvalue weighted by Gasteiger charge is 2.17. The van der Waals surface area contributed by atoms with Gasteiger partial charge in [-0.2, -0.15) is 0 Å². The maximum absolute atomic E-state index is 12.4. The van der Waals surface area contributed by atoms with E-state index in [0.717, 1.165) is 17.3 Å². The van der Waals surface area contributed by atoms with Gasteiger partial charge in [0.05, 0.1) is 5.56 Å². The first-order valence-corrected chi connectivity index (χ1v) is 9.42. The van der Waals surface area contributed by atoms with Gasteiger partial charge in [0.2, 0.25) is 5.91 Å². The Balaban J connectivity index is 1.81. The van der Waals surface area contributed by atoms with E-state index in [1.807, 2.05) is 30.3 Å². The summed E-state index contributed by atoms with van der Waals surface area (Å²) >= 11 is 1.11. The summed E-state index contributed by atoms with van der Waals surface area (Å²) in [5.41, 5.74) is 1.41. The third kappa shape index (κ3) is 6.79. The van der Waals surface area contributed by atoms with Gasteiger partial charge in [0.25, 0.3) is 5.91 Å². The lowest BCUT2D eigenvalue weighted by atomic mass is 10.2. The molecule has 2 aromatic carbocycles. The van der Waals surface area contributed by atoms with E-state index in [-0.39, 0.29) is 24.8 Å². The molecule has 27 heavy (non-hydrogen) atoms. The fraction of sp³-hybridized carbons (Fsp3) is 0.250. The van der Waals surface area contributed by atoms with Crippen LogP contribution in [0.2, 0.25) is 0 Å². The van der Waals surface area contributed by atoms with Crippen molar-refractivity contribution in [3.05, 3.63) is 65.7 Å². The van der Waals surface area contributed by atoms with Crippen LogP contribution in [0.4, 0.5) is 0 Å². The van der Waals surface area contributed by atoms with E-state index >= 15 is 0 Å². The first-order valence-electron chi connectivity index (χ1n) is 8.54. The van der Waals surface area contributed by atoms with Crippen LogP contribution in [0.25, 0.3) is 0 Å². The van der Waals surface area contributed by atoms with Crippen molar-refractivity contribution >= 4 is 29.5 Å². The number of nitrogens with one attached hydrogen (secondary N) is 2. The normalized spacial score (nSPS) is 11.4. The second kappa shape index (κ2) is 10.4. The average Bonchev–Trinajstić information content (AvgIpc) is 2.67. The number of carboxylic acids is 1. The van der Waals surface area contributed by atoms with Gasteiger partial charge in [-0.05, 0) is 24.6 Å². The van der Waals surface area contributed by atoms with Crippen molar-refractivity contribution in [1.82, 2.24) is 10.6 Å². The van der Waals surface area contributed by atoms with Gasteiger partial charge in [0.1, 0.15) is 5.25 Å². The molecule has 1 atom stereocenters. The number of hydrogen-bond acceptors (Lipinski definition) is 4. The lowest BCUT2D eigenvalue weighted by Gasteiger charge is -2.12. The van der Waals surface area contributed by atoms with E-state index in [1.54, 1.807) is 31.2 Å². The molecule has 0 radical (unpaired) electrons. The van der Waals surface area contributed by atoms with Gasteiger partial charge in [-0.15, -0.1) is 11.8 Å². The molecule has 0 saturated heterocycles. The first kappa shape index (κ1) is 20.5. The van der Waals surface area contributed by atoms with E-state index in [9.17, 15) is 14.4 Å². The molecule has 1 unspecified atom stereocenters. The fourth-order valence-corrected chi connectivity index (χ4v) is 3.19. The number of amides is 2. The third-order valence-electron chi connectivity index (χ3n) is 3.75. The molecule has 142 valence electrons. The smallest absolute Gasteiger partial charge is 0.316 e. The van der Waals surface area contributed by atoms with Crippen LogP contribution in [0.3, 0.4) is 0 Å². The monoisotopic (exact) mass is 386 g/mol. The van der Waals surface area contributed by atoms with Crippen molar-refractivity contribution in [2.24, 2.45) is 0 Å². The van der Waals surface area contributed by atoms with Crippen LogP contribution >= 0.6 is 11.8 Å². The molecule has 0 bridgehead atoms. The zero-order valence-corrected chi connectivity index (χ0v) is 15.8. The third-order valence-corrected chi connectivity index (χ3v) is 4.92. The molecule has 3 N–H and O–H groups in total. The van der Waals surface area contributed by atoms with Crippen LogP contribution in [0.5, 0.6) is 0 Å². The number of aliphatic carboxylic acids is 1. The van der Waals surface area contributed by atoms with Crippen LogP contribution < -0.4 is 10.6 Å². The van der Waals surface area contributed by atoms with Crippen LogP contribution in [0.1, 0.15) is 29.3 Å². The largest absolute Gasteiger partial charge is 0.480 e. The number of rotatable bonds is 9. The summed E-state index contributed by atoms with van der Waals surface area (Å²) in [5, 5.41) is 13.9. The number of carbonyl (C=O) groups excluding carboxylic acids is 2. The maximum Gasteiger partial charge on any atom is 0.316 e. The van der Waals surface area contributed by atoms with Gasteiger partial charge in [0, 0.05) is 24.4 Å². The van der Waals surface area contributed by atoms with Crippen LogP contribution in [0.15, 0.2) is 59.5 Å². The van der Waals surface area contributed by atoms with Crippen LogP contribution in [0, 0.1) is 0 Å². The Bertz CT molecular complexity index is 796. The highest BCUT2D eigenvalue weighted by atomic mass is 32.2. The summed E-state index contributed by atoms with van der Waals surface area (Å²) in [5.74, 6) is -1.42. The summed E-state index contributed by atoms with van der Waals surface area (Å²) in [7, 11) is 0. The second-order valence-corrected chi connectivity index (χ2v) is 7.25. The predicted octanol–water partition coefficient (Wildman–Crippen LogP) is 2.69. The Morgan fingerprint density at radius 2 is 1.67 bits per heavy atom. The molecule has 0 fully saturated rings. The molecule has 2 rings (SSSR count). The number of benzene rings is 2. The number of carbonyl (C=O) groups is 3. The van der Waals surface area contributed by atoms with Gasteiger partial charge < -0.3 is 15.7 Å². The SMILES string of the molecule is CC(Sc1ccccc1C(=O)NCCC(=O)NCc1ccccc1)C(=O)O. The molecule has 0 aliphatic rings. The van der Waals surface area contributed by atoms with E-state index in [2.05, 4.69) is 10.6 Å². The van der Waals surface area contributed by atoms with Crippen LogP contribution in [-0.4, -0.2) is 34.7 Å². The first-order chi connectivity index (χ1) is 13.0. The van der Waals surface area contributed by atoms with Gasteiger partial charge in [-0.1, -0.05) is 42.5 Å². The predicted molar refractivity (Wildman–Crippen MR) is 105 cm³/mol. The minimum Gasteiger partial charge on any atom is -0.480 e. The zero-order chi connectivity index (χ0) is 19.6. The Morgan fingerprint density at radius 3 is 2.37 bits per heavy atom. The molecule has 0 heterocycles. The quantitative estimate of drug-likeness (QED) is 0.576. The molecule has 7 heteroatoms. The number of carboxylic acid groups (broad SMARTS) is 1. The van der Waals surface area contributed by atoms with E-state index in [1.165, 1.54) is 0 Å². The van der Waals surface area contributed by atoms with Crippen molar-refractivity contribution in [3.63, 3.8) is 0 Å². The molecular formula is C20H22N2O4S. The number of hydrogen-bond donors (Lipinski definition) is 3. The molecule has 2 amide bonds. The topological polar surface area (TPSA) is 95.5 Å². The van der Waals surface area contributed by atoms with Crippen molar-refractivity contribution in [1.29, 1.82) is 0 Å². The summed E-state index contributed by atoms with van der Waals surface area (Å²) < 4.78 is 0. The van der Waals surface area contributed by atoms with Gasteiger partial charge in [-0.25, -0.2) is 0 Å². The summed E-state index contributed by atoms with van der Waals surface area (Å²) in [6, 6.07) is 16.4. The lowest BCUT2D eigenvalue weighted by molar-refractivity contribution is -0.136. The molecule has 0 saturated carbocycles. The highest BCUT2D eigenvalue weighted by molar-refractivity contribution is 8.00. The Labute approximate surface area is 162 Å². The van der Waals surface area contributed by atoms with Crippen molar-refractivity contribution < 1.29 is 19.5 Å². The molecule has 6 nitrogen and oxygen atoms in total. The summed E-state index contributed by atoms with van der Waals surface area (Å²) in [6.45, 7) is 2.21. The minimum atomic E-state index is -0.940. The Morgan fingerprint density at radius 1 is 1.00 bits per heavy atom. The number of thioether (sulfide) groups is 1. The fourth-order valence-electron chi connectivity index (χ4n) is 2.27. The molecule has 0 spiro atoms. The lowest BCUT2D eigenvalue weighted by Crippen LogP contribution is -2.30. The summed E-state index contributed by atoms with van der Waals surface area (Å²) in [4.78, 5) is 35.9. The average molecular weight is 386 g/mol. The molecule has 0 aliphatic carbocycles. The van der Waals surface area contributed by atoms with Crippen molar-refractivity contribution in [2.75, 3.05) is 6.54 Å². The van der Waals surface area contributed by atoms with Crippen molar-refractivity contribution in [3.8, 4) is 0 Å². The standard InChI is InChI=1S/C20H22N2O4S/c1-14(20(25)26)27-17-10-6-5-9-16(17)19(24)21-12-11-18(23)22-13-15-7-3-2-4-8-15/h2-10,14H,11-13H2,1H3,(H,21,24)(H,22,23)(H,25,26). The van der Waals surface area contributed by atoms with Gasteiger partial charge in [-0.3, -0.25) is 14.4 Å². The van der Waals surface area contributed by atoms with E-state index in [4.69, 9.17) is 5.11 Å². The van der Waals surface area contributed by atoms with Crippen LogP contribution in [-0.2, 0) is 16.1 Å². The van der Waals surface area contributed by atoms with Gasteiger partial charge in [0.15, 0.2) is 0 Å². The molecule has 0 aliphatic heterocycles. The minimum absolute atomic E-state index is 0.152. The summed E-state index contributed by atoms with van der Waals surface area (Å²) in [6.07, 6.45) is 0.166. The van der Waals surface area contributed by atoms with E-state index in [0.29, 0.717) is 17.0 Å². The van der Waals surface area contributed by atoms with Gasteiger partial charge >= 0.3 is 5.97 Å². The van der Waals surface area contributed by atoms with E-state index < -0.39 is 11.2 Å². The van der Waals surface area contributed by atoms with Crippen molar-refractivity contribution in [2.45, 2.75) is 30.0 Å². The molecule has 0 aromatic heterocycles. The Kier molecular flexibility index (Phi) is 7.88. The maximum atomic E-state index is 12.4. The zero-order valence-electron chi connectivity index (χ0n) is 15.0. The molecule has 2 aromatic rings.